The molecular formula is C16H18N4O2. The van der Waals surface area contributed by atoms with Crippen LogP contribution in [-0.4, -0.2) is 28.1 Å². The summed E-state index contributed by atoms with van der Waals surface area (Å²) in [7, 11) is 1.77. The minimum absolute atomic E-state index is 0.155. The minimum Gasteiger partial charge on any atom is -0.322 e. The molecule has 0 saturated heterocycles. The average molecular weight is 298 g/mol. The normalized spacial score (nSPS) is 13.9. The van der Waals surface area contributed by atoms with E-state index in [1.807, 2.05) is 25.1 Å². The number of hydrogen-bond acceptors (Lipinski definition) is 3. The molecule has 1 aliphatic heterocycles. The van der Waals surface area contributed by atoms with Crippen molar-refractivity contribution in [1.82, 2.24) is 9.78 Å². The lowest BCUT2D eigenvalue weighted by Crippen LogP contribution is -2.34. The Morgan fingerprint density at radius 2 is 2.18 bits per heavy atom. The zero-order valence-corrected chi connectivity index (χ0v) is 12.7. The van der Waals surface area contributed by atoms with Crippen LogP contribution in [0, 0.1) is 0 Å². The average Bonchev–Trinajstić information content (AvgIpc) is 2.94. The van der Waals surface area contributed by atoms with Crippen LogP contribution < -0.4 is 10.2 Å². The van der Waals surface area contributed by atoms with E-state index in [1.54, 1.807) is 22.8 Å². The van der Waals surface area contributed by atoms with Crippen molar-refractivity contribution < 1.29 is 9.59 Å². The number of carbonyl (C=O) groups is 2. The predicted octanol–water partition coefficient (Wildman–Crippen LogP) is 1.97. The van der Waals surface area contributed by atoms with E-state index >= 15 is 0 Å². The molecule has 3 rings (SSSR count). The molecule has 114 valence electrons. The van der Waals surface area contributed by atoms with E-state index in [9.17, 15) is 9.59 Å². The van der Waals surface area contributed by atoms with Crippen LogP contribution in [0.4, 0.5) is 11.4 Å². The first kappa shape index (κ1) is 14.3. The number of aryl methyl sites for hydroxylation is 2. The SMILES string of the molecule is CCN1C(=O)CCc2cc(NC(=O)c3cnn(C)c3)ccc21. The lowest BCUT2D eigenvalue weighted by atomic mass is 10.0. The summed E-state index contributed by atoms with van der Waals surface area (Å²) in [4.78, 5) is 25.8. The number of benzene rings is 1. The number of aromatic nitrogens is 2. The molecule has 1 N–H and O–H groups in total. The van der Waals surface area contributed by atoms with E-state index in [1.165, 1.54) is 6.20 Å². The number of amides is 2. The Morgan fingerprint density at radius 3 is 2.86 bits per heavy atom. The highest BCUT2D eigenvalue weighted by Crippen LogP contribution is 2.30. The minimum atomic E-state index is -0.188. The highest BCUT2D eigenvalue weighted by atomic mass is 16.2. The quantitative estimate of drug-likeness (QED) is 0.942. The first-order chi connectivity index (χ1) is 10.6. The molecule has 2 amide bonds. The molecule has 6 heteroatoms. The van der Waals surface area contributed by atoms with Crippen molar-refractivity contribution in [3.63, 3.8) is 0 Å². The molecule has 0 fully saturated rings. The van der Waals surface area contributed by atoms with Crippen LogP contribution in [0.3, 0.4) is 0 Å². The third-order valence-corrected chi connectivity index (χ3v) is 3.82. The molecule has 1 aromatic carbocycles. The van der Waals surface area contributed by atoms with Gasteiger partial charge in [0.15, 0.2) is 0 Å². The van der Waals surface area contributed by atoms with Gasteiger partial charge in [-0.15, -0.1) is 0 Å². The Labute approximate surface area is 128 Å². The monoisotopic (exact) mass is 298 g/mol. The molecule has 0 spiro atoms. The maximum Gasteiger partial charge on any atom is 0.258 e. The number of fused-ring (bicyclic) bond motifs is 1. The Bertz CT molecular complexity index is 735. The molecule has 2 heterocycles. The highest BCUT2D eigenvalue weighted by molar-refractivity contribution is 6.04. The molecular weight excluding hydrogens is 280 g/mol. The summed E-state index contributed by atoms with van der Waals surface area (Å²) in [6.07, 6.45) is 4.43. The second kappa shape index (κ2) is 5.63. The van der Waals surface area contributed by atoms with Crippen LogP contribution >= 0.6 is 0 Å². The fraction of sp³-hybridized carbons (Fsp3) is 0.312. The van der Waals surface area contributed by atoms with E-state index in [0.29, 0.717) is 24.9 Å². The number of rotatable bonds is 3. The molecule has 0 bridgehead atoms. The molecule has 1 aliphatic rings. The van der Waals surface area contributed by atoms with Crippen LogP contribution in [0.15, 0.2) is 30.6 Å². The van der Waals surface area contributed by atoms with Crippen molar-refractivity contribution in [2.75, 3.05) is 16.8 Å². The lowest BCUT2D eigenvalue weighted by Gasteiger charge is -2.28. The van der Waals surface area contributed by atoms with Gasteiger partial charge in [-0.3, -0.25) is 14.3 Å². The Kier molecular flexibility index (Phi) is 3.66. The van der Waals surface area contributed by atoms with Crippen LogP contribution in [0.2, 0.25) is 0 Å². The second-order valence-corrected chi connectivity index (χ2v) is 5.34. The van der Waals surface area contributed by atoms with Crippen LogP contribution in [-0.2, 0) is 18.3 Å². The van der Waals surface area contributed by atoms with Crippen molar-refractivity contribution in [2.45, 2.75) is 19.8 Å². The largest absolute Gasteiger partial charge is 0.322 e. The van der Waals surface area contributed by atoms with E-state index in [0.717, 1.165) is 16.9 Å². The third-order valence-electron chi connectivity index (χ3n) is 3.82. The Morgan fingerprint density at radius 1 is 1.36 bits per heavy atom. The zero-order chi connectivity index (χ0) is 15.7. The summed E-state index contributed by atoms with van der Waals surface area (Å²) >= 11 is 0. The van der Waals surface area contributed by atoms with Crippen LogP contribution in [0.25, 0.3) is 0 Å². The number of nitrogens with one attached hydrogen (secondary N) is 1. The molecule has 2 aromatic rings. The van der Waals surface area contributed by atoms with Gasteiger partial charge in [0.25, 0.3) is 5.91 Å². The molecule has 22 heavy (non-hydrogen) atoms. The van der Waals surface area contributed by atoms with Gasteiger partial charge >= 0.3 is 0 Å². The van der Waals surface area contributed by atoms with Crippen LogP contribution in [0.5, 0.6) is 0 Å². The van der Waals surface area contributed by atoms with Crippen molar-refractivity contribution in [3.8, 4) is 0 Å². The number of carbonyl (C=O) groups excluding carboxylic acids is 2. The standard InChI is InChI=1S/C16H18N4O2/c1-3-20-14-6-5-13(8-11(14)4-7-15(20)21)18-16(22)12-9-17-19(2)10-12/h5-6,8-10H,3-4,7H2,1-2H3,(H,18,22). The summed E-state index contributed by atoms with van der Waals surface area (Å²) in [5, 5.41) is 6.86. The fourth-order valence-electron chi connectivity index (χ4n) is 2.73. The second-order valence-electron chi connectivity index (χ2n) is 5.34. The van der Waals surface area contributed by atoms with Crippen molar-refractivity contribution in [3.05, 3.63) is 41.7 Å². The van der Waals surface area contributed by atoms with Gasteiger partial charge in [0, 0.05) is 37.6 Å². The van der Waals surface area contributed by atoms with E-state index in [-0.39, 0.29) is 11.8 Å². The maximum atomic E-state index is 12.1. The van der Waals surface area contributed by atoms with E-state index in [4.69, 9.17) is 0 Å². The Balaban J connectivity index is 1.82. The first-order valence-corrected chi connectivity index (χ1v) is 7.31. The maximum absolute atomic E-state index is 12.1. The van der Waals surface area contributed by atoms with Crippen LogP contribution in [0.1, 0.15) is 29.3 Å². The van der Waals surface area contributed by atoms with E-state index in [2.05, 4.69) is 10.4 Å². The van der Waals surface area contributed by atoms with Gasteiger partial charge in [-0.25, -0.2) is 0 Å². The molecule has 1 aromatic heterocycles. The number of hydrogen-bond donors (Lipinski definition) is 1. The molecule has 0 saturated carbocycles. The summed E-state index contributed by atoms with van der Waals surface area (Å²) < 4.78 is 1.59. The van der Waals surface area contributed by atoms with Gasteiger partial charge in [0.1, 0.15) is 0 Å². The summed E-state index contributed by atoms with van der Waals surface area (Å²) in [5.41, 5.74) is 3.28. The van der Waals surface area contributed by atoms with Crippen molar-refractivity contribution in [1.29, 1.82) is 0 Å². The smallest absolute Gasteiger partial charge is 0.258 e. The summed E-state index contributed by atoms with van der Waals surface area (Å²) in [5.74, 6) is -0.0329. The molecule has 0 atom stereocenters. The van der Waals surface area contributed by atoms with Gasteiger partial charge < -0.3 is 10.2 Å². The van der Waals surface area contributed by atoms with Crippen molar-refractivity contribution in [2.24, 2.45) is 7.05 Å². The van der Waals surface area contributed by atoms with Gasteiger partial charge in [0.05, 0.1) is 11.8 Å². The molecule has 0 radical (unpaired) electrons. The number of anilines is 2. The Hall–Kier alpha value is -2.63. The van der Waals surface area contributed by atoms with Gasteiger partial charge in [-0.1, -0.05) is 0 Å². The molecule has 6 nitrogen and oxygen atoms in total. The first-order valence-electron chi connectivity index (χ1n) is 7.31. The van der Waals surface area contributed by atoms with Gasteiger partial charge in [-0.05, 0) is 37.1 Å². The van der Waals surface area contributed by atoms with E-state index < -0.39 is 0 Å². The summed E-state index contributed by atoms with van der Waals surface area (Å²) in [6, 6.07) is 5.67. The topological polar surface area (TPSA) is 67.2 Å². The highest BCUT2D eigenvalue weighted by Gasteiger charge is 2.23. The fourth-order valence-corrected chi connectivity index (χ4v) is 2.73. The number of nitrogens with zero attached hydrogens (tertiary/aromatic N) is 3. The molecule has 0 aliphatic carbocycles. The summed E-state index contributed by atoms with van der Waals surface area (Å²) in [6.45, 7) is 2.62. The van der Waals surface area contributed by atoms with Gasteiger partial charge in [0.2, 0.25) is 5.91 Å². The zero-order valence-electron chi connectivity index (χ0n) is 12.7. The third kappa shape index (κ3) is 2.59. The molecule has 0 unspecified atom stereocenters. The van der Waals surface area contributed by atoms with Crippen molar-refractivity contribution >= 4 is 23.2 Å². The lowest BCUT2D eigenvalue weighted by molar-refractivity contribution is -0.118. The van der Waals surface area contributed by atoms with Gasteiger partial charge in [-0.2, -0.15) is 5.10 Å². The predicted molar refractivity (Wildman–Crippen MR) is 84.0 cm³/mol.